The Hall–Kier alpha value is -2.70. The number of nitrogens with one attached hydrogen (secondary N) is 1. The second-order valence-corrected chi connectivity index (χ2v) is 6.59. The Labute approximate surface area is 173 Å². The van der Waals surface area contributed by atoms with Gasteiger partial charge in [0.15, 0.2) is 11.5 Å². The number of ether oxygens (including phenoxy) is 2. The molecule has 2 aromatic carbocycles. The third kappa shape index (κ3) is 3.53. The van der Waals surface area contributed by atoms with Gasteiger partial charge in [-0.25, -0.2) is 4.79 Å². The summed E-state index contributed by atoms with van der Waals surface area (Å²) in [5, 5.41) is 3.69. The Morgan fingerprint density at radius 1 is 1.11 bits per heavy atom. The van der Waals surface area contributed by atoms with Crippen LogP contribution in [0.1, 0.15) is 5.56 Å². The minimum absolute atomic E-state index is 0. The molecule has 8 heteroatoms. The molecule has 0 atom stereocenters. The number of benzene rings is 2. The maximum absolute atomic E-state index is 12.6. The van der Waals surface area contributed by atoms with E-state index in [1.807, 2.05) is 36.4 Å². The Morgan fingerprint density at radius 3 is 2.54 bits per heavy atom. The monoisotopic (exact) mass is 419 g/mol. The number of aryl methyl sites for hydroxylation is 1. The highest BCUT2D eigenvalue weighted by molar-refractivity contribution is 6.33. The van der Waals surface area contributed by atoms with Crippen molar-refractivity contribution in [2.75, 3.05) is 19.5 Å². The number of hydrogen-bond acceptors (Lipinski definition) is 5. The van der Waals surface area contributed by atoms with E-state index >= 15 is 0 Å². The number of nitrogens with zero attached hydrogens (tertiary/aromatic N) is 2. The molecule has 1 aliphatic rings. The Morgan fingerprint density at radius 2 is 1.82 bits per heavy atom. The van der Waals surface area contributed by atoms with Crippen molar-refractivity contribution < 1.29 is 9.47 Å². The van der Waals surface area contributed by atoms with Crippen LogP contribution in [0.4, 0.5) is 11.5 Å². The van der Waals surface area contributed by atoms with Gasteiger partial charge in [0.05, 0.1) is 30.6 Å². The van der Waals surface area contributed by atoms with Crippen LogP contribution < -0.4 is 20.5 Å². The number of aromatic nitrogens is 2. The van der Waals surface area contributed by atoms with Crippen molar-refractivity contribution in [1.82, 2.24) is 9.55 Å². The van der Waals surface area contributed by atoms with Crippen LogP contribution in [0.5, 0.6) is 11.5 Å². The van der Waals surface area contributed by atoms with Gasteiger partial charge in [-0.15, -0.1) is 12.4 Å². The molecule has 6 nitrogen and oxygen atoms in total. The van der Waals surface area contributed by atoms with Crippen LogP contribution in [0.25, 0.3) is 11.3 Å². The van der Waals surface area contributed by atoms with E-state index in [9.17, 15) is 4.79 Å². The maximum atomic E-state index is 12.6. The fourth-order valence-electron chi connectivity index (χ4n) is 3.31. The molecule has 1 aliphatic heterocycles. The van der Waals surface area contributed by atoms with Gasteiger partial charge in [0.2, 0.25) is 0 Å². The first-order valence-corrected chi connectivity index (χ1v) is 8.87. The third-order valence-corrected chi connectivity index (χ3v) is 4.97. The summed E-state index contributed by atoms with van der Waals surface area (Å²) in [7, 11) is 3.21. The predicted octanol–water partition coefficient (Wildman–Crippen LogP) is 4.30. The van der Waals surface area contributed by atoms with E-state index in [0.717, 1.165) is 23.2 Å². The van der Waals surface area contributed by atoms with Gasteiger partial charge in [-0.05, 0) is 36.2 Å². The molecule has 0 bridgehead atoms. The molecule has 0 amide bonds. The molecule has 0 saturated heterocycles. The summed E-state index contributed by atoms with van der Waals surface area (Å²) < 4.78 is 12.5. The molecule has 0 saturated carbocycles. The van der Waals surface area contributed by atoms with E-state index in [0.29, 0.717) is 34.6 Å². The van der Waals surface area contributed by atoms with Crippen LogP contribution >= 0.6 is 24.0 Å². The normalized spacial score (nSPS) is 11.7. The lowest BCUT2D eigenvalue weighted by atomic mass is 9.97. The van der Waals surface area contributed by atoms with Gasteiger partial charge in [0.25, 0.3) is 0 Å². The van der Waals surface area contributed by atoms with Crippen LogP contribution in [0.15, 0.2) is 47.3 Å². The Kier molecular flexibility index (Phi) is 5.82. The molecule has 1 aromatic heterocycles. The zero-order valence-electron chi connectivity index (χ0n) is 15.4. The lowest BCUT2D eigenvalue weighted by Gasteiger charge is -2.23. The second-order valence-electron chi connectivity index (χ2n) is 6.18. The highest BCUT2D eigenvalue weighted by atomic mass is 35.5. The molecule has 0 spiro atoms. The molecular formula is C20H19Cl2N3O3. The van der Waals surface area contributed by atoms with Crippen molar-refractivity contribution >= 4 is 35.5 Å². The largest absolute Gasteiger partial charge is 0.493 e. The summed E-state index contributed by atoms with van der Waals surface area (Å²) in [5.41, 5.74) is 3.20. The summed E-state index contributed by atoms with van der Waals surface area (Å²) in [6.45, 7) is 0.565. The van der Waals surface area contributed by atoms with Crippen molar-refractivity contribution in [2.45, 2.75) is 13.0 Å². The van der Waals surface area contributed by atoms with Crippen molar-refractivity contribution in [3.8, 4) is 22.8 Å². The molecule has 146 valence electrons. The van der Waals surface area contributed by atoms with Gasteiger partial charge in [0.1, 0.15) is 5.82 Å². The van der Waals surface area contributed by atoms with Crippen LogP contribution in [-0.2, 0) is 13.0 Å². The molecule has 28 heavy (non-hydrogen) atoms. The first-order chi connectivity index (χ1) is 13.1. The minimum atomic E-state index is -0.303. The highest BCUT2D eigenvalue weighted by Crippen LogP contribution is 2.38. The molecular weight excluding hydrogens is 401 g/mol. The summed E-state index contributed by atoms with van der Waals surface area (Å²) >= 11 is 6.21. The van der Waals surface area contributed by atoms with Crippen molar-refractivity contribution in [2.24, 2.45) is 0 Å². The fourth-order valence-corrected chi connectivity index (χ4v) is 3.49. The van der Waals surface area contributed by atoms with Gasteiger partial charge in [-0.1, -0.05) is 23.7 Å². The molecule has 0 radical (unpaired) electrons. The number of para-hydroxylation sites is 1. The molecule has 0 fully saturated rings. The van der Waals surface area contributed by atoms with Crippen LogP contribution in [0, 0.1) is 0 Å². The van der Waals surface area contributed by atoms with Crippen molar-refractivity contribution in [3.05, 3.63) is 63.5 Å². The molecule has 1 N–H and O–H groups in total. The smallest absolute Gasteiger partial charge is 0.350 e. The van der Waals surface area contributed by atoms with E-state index in [1.165, 1.54) is 0 Å². The SMILES string of the molecule is COc1cc2c(cc1OC)-c1cc(Nc3ccccc3Cl)nc(=O)n1CC2.Cl. The quantitative estimate of drug-likeness (QED) is 0.682. The van der Waals surface area contributed by atoms with E-state index < -0.39 is 0 Å². The average Bonchev–Trinajstić information content (AvgIpc) is 2.68. The van der Waals surface area contributed by atoms with Crippen LogP contribution in [0.3, 0.4) is 0 Å². The van der Waals surface area contributed by atoms with Gasteiger partial charge in [0, 0.05) is 18.2 Å². The summed E-state index contributed by atoms with van der Waals surface area (Å²) in [6, 6.07) is 13.0. The number of rotatable bonds is 4. The lowest BCUT2D eigenvalue weighted by Crippen LogP contribution is -2.28. The van der Waals surface area contributed by atoms with E-state index in [-0.39, 0.29) is 18.1 Å². The summed E-state index contributed by atoms with van der Waals surface area (Å²) in [4.78, 5) is 16.7. The number of fused-ring (bicyclic) bond motifs is 3. The number of methoxy groups -OCH3 is 2. The maximum Gasteiger partial charge on any atom is 0.350 e. The number of halogens is 2. The van der Waals surface area contributed by atoms with Crippen LogP contribution in [0.2, 0.25) is 5.02 Å². The molecule has 0 aliphatic carbocycles. The fraction of sp³-hybridized carbons (Fsp3) is 0.200. The van der Waals surface area contributed by atoms with Gasteiger partial charge in [-0.3, -0.25) is 4.57 Å². The number of anilines is 2. The van der Waals surface area contributed by atoms with E-state index in [4.69, 9.17) is 21.1 Å². The topological polar surface area (TPSA) is 65.4 Å². The highest BCUT2D eigenvalue weighted by Gasteiger charge is 2.21. The zero-order chi connectivity index (χ0) is 19.0. The Balaban J connectivity index is 0.00000225. The Bertz CT molecular complexity index is 1080. The van der Waals surface area contributed by atoms with Crippen molar-refractivity contribution in [3.63, 3.8) is 0 Å². The zero-order valence-corrected chi connectivity index (χ0v) is 16.9. The molecule has 4 rings (SSSR count). The average molecular weight is 420 g/mol. The lowest BCUT2D eigenvalue weighted by molar-refractivity contribution is 0.354. The van der Waals surface area contributed by atoms with Crippen LogP contribution in [-0.4, -0.2) is 23.8 Å². The van der Waals surface area contributed by atoms with E-state index in [1.54, 1.807) is 24.9 Å². The van der Waals surface area contributed by atoms with Gasteiger partial charge in [-0.2, -0.15) is 4.98 Å². The summed E-state index contributed by atoms with van der Waals surface area (Å²) in [5.74, 6) is 1.74. The standard InChI is InChI=1S/C20H18ClN3O3.ClH/c1-26-17-9-12-7-8-24-16(13(12)10-18(17)27-2)11-19(23-20(24)25)22-15-6-4-3-5-14(15)21;/h3-6,9-11H,7-8H2,1-2H3,(H,22,23,25);1H. The minimum Gasteiger partial charge on any atom is -0.493 e. The third-order valence-electron chi connectivity index (χ3n) is 4.64. The number of hydrogen-bond donors (Lipinski definition) is 1. The molecule has 0 unspecified atom stereocenters. The summed E-state index contributed by atoms with van der Waals surface area (Å²) in [6.07, 6.45) is 0.724. The van der Waals surface area contributed by atoms with Crippen molar-refractivity contribution in [1.29, 1.82) is 0 Å². The van der Waals surface area contributed by atoms with E-state index in [2.05, 4.69) is 10.3 Å². The second kappa shape index (κ2) is 8.12. The van der Waals surface area contributed by atoms with Gasteiger partial charge >= 0.3 is 5.69 Å². The first-order valence-electron chi connectivity index (χ1n) is 8.49. The predicted molar refractivity (Wildman–Crippen MR) is 113 cm³/mol. The molecule has 2 heterocycles. The first kappa shape index (κ1) is 20.0. The molecule has 3 aromatic rings. The van der Waals surface area contributed by atoms with Gasteiger partial charge < -0.3 is 14.8 Å².